The summed E-state index contributed by atoms with van der Waals surface area (Å²) >= 11 is 0. The maximum absolute atomic E-state index is 10.9. The molecule has 5 nitrogen and oxygen atoms in total. The van der Waals surface area contributed by atoms with E-state index in [0.29, 0.717) is 0 Å². The molecule has 0 amide bonds. The summed E-state index contributed by atoms with van der Waals surface area (Å²) < 4.78 is 6.08. The van der Waals surface area contributed by atoms with Gasteiger partial charge in [0, 0.05) is 0 Å². The summed E-state index contributed by atoms with van der Waals surface area (Å²) in [5, 5.41) is 18.0. The van der Waals surface area contributed by atoms with Crippen molar-refractivity contribution in [3.63, 3.8) is 0 Å². The predicted molar refractivity (Wildman–Crippen MR) is 80.5 cm³/mol. The normalized spacial score (nSPS) is 27.7. The van der Waals surface area contributed by atoms with Crippen molar-refractivity contribution in [1.29, 1.82) is 0 Å². The largest absolute Gasteiger partial charge is 0.478 e. The summed E-state index contributed by atoms with van der Waals surface area (Å²) in [6.07, 6.45) is 1.75. The molecule has 2 fully saturated rings. The SMILES string of the molecule is O=C(O)c1ccc(C23CCC2(c2ccc(C(=O)O)cc2)O3)cc1. The van der Waals surface area contributed by atoms with Crippen molar-refractivity contribution in [2.24, 2.45) is 0 Å². The number of rotatable bonds is 4. The van der Waals surface area contributed by atoms with Gasteiger partial charge in [-0.3, -0.25) is 0 Å². The van der Waals surface area contributed by atoms with Crippen molar-refractivity contribution in [2.75, 3.05) is 0 Å². The van der Waals surface area contributed by atoms with E-state index in [2.05, 4.69) is 0 Å². The molecule has 4 rings (SSSR count). The third-order valence-corrected chi connectivity index (χ3v) is 4.98. The maximum Gasteiger partial charge on any atom is 0.335 e. The number of epoxide rings is 1. The summed E-state index contributed by atoms with van der Waals surface area (Å²) in [4.78, 5) is 21.9. The highest BCUT2D eigenvalue weighted by atomic mass is 16.6. The lowest BCUT2D eigenvalue weighted by Crippen LogP contribution is -2.32. The molecule has 1 aliphatic heterocycles. The quantitative estimate of drug-likeness (QED) is 0.848. The van der Waals surface area contributed by atoms with Gasteiger partial charge in [-0.25, -0.2) is 9.59 Å². The molecular formula is C18H14O5. The number of aromatic carboxylic acids is 2. The zero-order valence-electron chi connectivity index (χ0n) is 12.2. The highest BCUT2D eigenvalue weighted by Gasteiger charge is 2.78. The molecule has 116 valence electrons. The topological polar surface area (TPSA) is 87.1 Å². The van der Waals surface area contributed by atoms with Crippen LogP contribution in [0.2, 0.25) is 0 Å². The molecule has 1 saturated heterocycles. The van der Waals surface area contributed by atoms with E-state index in [0.717, 1.165) is 24.0 Å². The van der Waals surface area contributed by atoms with Crippen LogP contribution in [0.1, 0.15) is 44.7 Å². The van der Waals surface area contributed by atoms with Gasteiger partial charge in [0.1, 0.15) is 11.2 Å². The first kappa shape index (κ1) is 14.0. The lowest BCUT2D eigenvalue weighted by atomic mass is 9.67. The van der Waals surface area contributed by atoms with Crippen molar-refractivity contribution in [1.82, 2.24) is 0 Å². The monoisotopic (exact) mass is 310 g/mol. The van der Waals surface area contributed by atoms with Gasteiger partial charge in [-0.1, -0.05) is 24.3 Å². The van der Waals surface area contributed by atoms with E-state index >= 15 is 0 Å². The van der Waals surface area contributed by atoms with E-state index < -0.39 is 23.1 Å². The van der Waals surface area contributed by atoms with Crippen molar-refractivity contribution in [3.8, 4) is 0 Å². The Hall–Kier alpha value is -2.66. The lowest BCUT2D eigenvalue weighted by Gasteiger charge is -2.30. The molecule has 23 heavy (non-hydrogen) atoms. The van der Waals surface area contributed by atoms with Crippen LogP contribution in [0.25, 0.3) is 0 Å². The fourth-order valence-corrected chi connectivity index (χ4v) is 3.59. The van der Waals surface area contributed by atoms with E-state index in [9.17, 15) is 9.59 Å². The number of hydrogen-bond acceptors (Lipinski definition) is 3. The minimum atomic E-state index is -0.949. The summed E-state index contributed by atoms with van der Waals surface area (Å²) in [7, 11) is 0. The van der Waals surface area contributed by atoms with E-state index in [1.165, 1.54) is 0 Å². The van der Waals surface area contributed by atoms with Gasteiger partial charge in [-0.2, -0.15) is 0 Å². The number of benzene rings is 2. The van der Waals surface area contributed by atoms with Crippen LogP contribution in [-0.4, -0.2) is 22.2 Å². The Morgan fingerprint density at radius 3 is 1.35 bits per heavy atom. The summed E-state index contributed by atoms with van der Waals surface area (Å²) in [5.74, 6) is -1.90. The van der Waals surface area contributed by atoms with E-state index in [1.807, 2.05) is 0 Å². The number of hydrogen-bond donors (Lipinski definition) is 2. The number of fused-ring (bicyclic) bond motifs is 1. The maximum atomic E-state index is 10.9. The Labute approximate surface area is 132 Å². The van der Waals surface area contributed by atoms with E-state index in [-0.39, 0.29) is 11.1 Å². The summed E-state index contributed by atoms with van der Waals surface area (Å²) in [5.41, 5.74) is 1.65. The van der Waals surface area contributed by atoms with E-state index in [1.54, 1.807) is 48.5 Å². The van der Waals surface area contributed by atoms with Gasteiger partial charge in [0.05, 0.1) is 11.1 Å². The van der Waals surface area contributed by atoms with Gasteiger partial charge in [-0.15, -0.1) is 0 Å². The van der Waals surface area contributed by atoms with Crippen molar-refractivity contribution in [2.45, 2.75) is 24.0 Å². The van der Waals surface area contributed by atoms with Gasteiger partial charge in [0.15, 0.2) is 0 Å². The van der Waals surface area contributed by atoms with Crippen molar-refractivity contribution >= 4 is 11.9 Å². The third kappa shape index (κ3) is 1.77. The highest BCUT2D eigenvalue weighted by molar-refractivity contribution is 5.88. The van der Waals surface area contributed by atoms with Gasteiger partial charge >= 0.3 is 11.9 Å². The fourth-order valence-electron chi connectivity index (χ4n) is 3.59. The van der Waals surface area contributed by atoms with Crippen LogP contribution in [0, 0.1) is 0 Å². The molecule has 2 N–H and O–H groups in total. The first-order valence-electron chi connectivity index (χ1n) is 7.36. The molecule has 2 aromatic rings. The van der Waals surface area contributed by atoms with Gasteiger partial charge in [0.2, 0.25) is 0 Å². The number of carboxylic acids is 2. The Kier molecular flexibility index (Phi) is 2.69. The molecule has 0 aromatic heterocycles. The summed E-state index contributed by atoms with van der Waals surface area (Å²) in [6, 6.07) is 13.6. The van der Waals surface area contributed by atoms with Crippen LogP contribution in [0.4, 0.5) is 0 Å². The van der Waals surface area contributed by atoms with Gasteiger partial charge in [0.25, 0.3) is 0 Å². The number of carbonyl (C=O) groups is 2. The van der Waals surface area contributed by atoms with Crippen LogP contribution in [0.5, 0.6) is 0 Å². The minimum absolute atomic E-state index is 0.251. The molecule has 1 heterocycles. The second-order valence-corrected chi connectivity index (χ2v) is 6.02. The van der Waals surface area contributed by atoms with Gasteiger partial charge < -0.3 is 14.9 Å². The average molecular weight is 310 g/mol. The zero-order chi connectivity index (χ0) is 16.2. The molecule has 1 aliphatic carbocycles. The highest BCUT2D eigenvalue weighted by Crippen LogP contribution is 2.75. The first-order valence-corrected chi connectivity index (χ1v) is 7.36. The molecule has 5 heteroatoms. The Bertz CT molecular complexity index is 739. The molecule has 2 aliphatic rings. The molecule has 0 bridgehead atoms. The third-order valence-electron chi connectivity index (χ3n) is 4.98. The fraction of sp³-hybridized carbons (Fsp3) is 0.222. The molecule has 0 spiro atoms. The van der Waals surface area contributed by atoms with Crippen LogP contribution in [-0.2, 0) is 15.9 Å². The zero-order valence-corrected chi connectivity index (χ0v) is 12.2. The second-order valence-electron chi connectivity index (χ2n) is 6.02. The molecule has 0 radical (unpaired) electrons. The Morgan fingerprint density at radius 1 is 0.739 bits per heavy atom. The standard InChI is InChI=1S/C18H14O5/c19-15(20)11-1-5-13(6-2-11)17-9-10-18(17,23-17)14-7-3-12(4-8-14)16(21)22/h1-8H,9-10H2,(H,19,20)(H,21,22). The Balaban J connectivity index is 1.64. The molecule has 2 aromatic carbocycles. The lowest BCUT2D eigenvalue weighted by molar-refractivity contribution is 0.0686. The van der Waals surface area contributed by atoms with Crippen molar-refractivity contribution < 1.29 is 24.5 Å². The molecule has 1 saturated carbocycles. The first-order chi connectivity index (χ1) is 11.0. The van der Waals surface area contributed by atoms with Crippen LogP contribution in [0.3, 0.4) is 0 Å². The average Bonchev–Trinajstić information content (AvgIpc) is 3.04. The molecular weight excluding hydrogens is 296 g/mol. The second kappa shape index (κ2) is 4.43. The molecule has 2 unspecified atom stereocenters. The van der Waals surface area contributed by atoms with Crippen LogP contribution >= 0.6 is 0 Å². The smallest absolute Gasteiger partial charge is 0.335 e. The number of carboxylic acid groups (broad SMARTS) is 2. The van der Waals surface area contributed by atoms with Gasteiger partial charge in [-0.05, 0) is 48.2 Å². The van der Waals surface area contributed by atoms with Crippen LogP contribution < -0.4 is 0 Å². The Morgan fingerprint density at radius 2 is 1.09 bits per heavy atom. The minimum Gasteiger partial charge on any atom is -0.478 e. The summed E-state index contributed by atoms with van der Waals surface area (Å²) in [6.45, 7) is 0. The predicted octanol–water partition coefficient (Wildman–Crippen LogP) is 3.00. The molecule has 2 atom stereocenters. The van der Waals surface area contributed by atoms with Crippen molar-refractivity contribution in [3.05, 3.63) is 70.8 Å². The van der Waals surface area contributed by atoms with Crippen LogP contribution in [0.15, 0.2) is 48.5 Å². The van der Waals surface area contributed by atoms with E-state index in [4.69, 9.17) is 14.9 Å². The number of ether oxygens (including phenoxy) is 1.